The highest BCUT2D eigenvalue weighted by molar-refractivity contribution is 6.10. The van der Waals surface area contributed by atoms with E-state index in [2.05, 4.69) is 24.5 Å². The lowest BCUT2D eigenvalue weighted by molar-refractivity contribution is -0.118. The van der Waals surface area contributed by atoms with Gasteiger partial charge < -0.3 is 20.1 Å². The van der Waals surface area contributed by atoms with Crippen LogP contribution in [0.3, 0.4) is 0 Å². The number of nitrogens with one attached hydrogen (secondary N) is 2. The van der Waals surface area contributed by atoms with Crippen molar-refractivity contribution in [2.45, 2.75) is 46.5 Å². The third kappa shape index (κ3) is 4.45. The molecule has 0 unspecified atom stereocenters. The minimum absolute atomic E-state index is 0.0603. The van der Waals surface area contributed by atoms with Crippen LogP contribution < -0.4 is 20.1 Å². The Kier molecular flexibility index (Phi) is 6.51. The van der Waals surface area contributed by atoms with E-state index in [-0.39, 0.29) is 17.1 Å². The number of anilines is 1. The van der Waals surface area contributed by atoms with Crippen LogP contribution in [0.1, 0.15) is 52.0 Å². The first-order valence-corrected chi connectivity index (χ1v) is 11.7. The Bertz CT molecular complexity index is 1190. The fourth-order valence-corrected chi connectivity index (χ4v) is 4.99. The van der Waals surface area contributed by atoms with Gasteiger partial charge in [-0.2, -0.15) is 0 Å². The number of carbonyl (C=O) groups excluding carboxylic acids is 2. The van der Waals surface area contributed by atoms with Gasteiger partial charge in [0.2, 0.25) is 0 Å². The fraction of sp³-hybridized carbons (Fsp3) is 0.357. The zero-order valence-electron chi connectivity index (χ0n) is 20.5. The molecule has 0 saturated carbocycles. The molecule has 2 aromatic carbocycles. The molecule has 178 valence electrons. The van der Waals surface area contributed by atoms with Crippen LogP contribution >= 0.6 is 0 Å². The second-order valence-electron chi connectivity index (χ2n) is 9.56. The summed E-state index contributed by atoms with van der Waals surface area (Å²) in [6, 6.07) is 14.9. The number of benzene rings is 2. The number of ketones is 1. The average Bonchev–Trinajstić information content (AvgIpc) is 2.78. The van der Waals surface area contributed by atoms with E-state index in [1.807, 2.05) is 50.2 Å². The van der Waals surface area contributed by atoms with Crippen molar-refractivity contribution in [1.29, 1.82) is 0 Å². The van der Waals surface area contributed by atoms with Crippen molar-refractivity contribution in [2.75, 3.05) is 19.0 Å². The molecule has 1 aliphatic heterocycles. The molecule has 0 saturated heterocycles. The van der Waals surface area contributed by atoms with Crippen molar-refractivity contribution in [3.05, 3.63) is 76.6 Å². The first-order valence-electron chi connectivity index (χ1n) is 11.7. The van der Waals surface area contributed by atoms with Crippen LogP contribution in [0.4, 0.5) is 5.69 Å². The summed E-state index contributed by atoms with van der Waals surface area (Å²) in [4.78, 5) is 27.3. The summed E-state index contributed by atoms with van der Waals surface area (Å²) < 4.78 is 11.4. The Balaban J connectivity index is 1.85. The van der Waals surface area contributed by atoms with Gasteiger partial charge in [0, 0.05) is 34.5 Å². The zero-order valence-corrected chi connectivity index (χ0v) is 20.5. The number of amides is 1. The zero-order chi connectivity index (χ0) is 24.5. The molecule has 6 heteroatoms. The van der Waals surface area contributed by atoms with Crippen molar-refractivity contribution in [3.8, 4) is 11.5 Å². The number of para-hydroxylation sites is 3. The number of allylic oxidation sites excluding steroid dienone is 3. The molecule has 34 heavy (non-hydrogen) atoms. The Morgan fingerprint density at radius 2 is 1.76 bits per heavy atom. The molecule has 1 heterocycles. The topological polar surface area (TPSA) is 76.7 Å². The molecule has 2 aromatic rings. The van der Waals surface area contributed by atoms with Crippen LogP contribution in [0.25, 0.3) is 0 Å². The maximum Gasteiger partial charge on any atom is 0.254 e. The highest BCUT2D eigenvalue weighted by Crippen LogP contribution is 2.48. The second-order valence-corrected chi connectivity index (χ2v) is 9.56. The van der Waals surface area contributed by atoms with Crippen molar-refractivity contribution >= 4 is 17.4 Å². The minimum Gasteiger partial charge on any atom is -0.495 e. The first-order chi connectivity index (χ1) is 16.3. The molecule has 0 bridgehead atoms. The van der Waals surface area contributed by atoms with Crippen LogP contribution in [-0.2, 0) is 9.59 Å². The maximum atomic E-state index is 13.8. The number of carbonyl (C=O) groups is 2. The smallest absolute Gasteiger partial charge is 0.254 e. The normalized spacial score (nSPS) is 19.3. The standard InChI is InChI=1S/C28H32N2O4/c1-6-34-22-13-9-7-11-18(22)25-24(27(32)30-19-12-8-10-14-23(19)33-5)17(2)29-20-15-28(3,4)16-21(31)26(20)25/h7-14,25,29H,6,15-16H2,1-5H3,(H,30,32)/t25-/m0/s1. The number of ether oxygens (including phenoxy) is 2. The minimum atomic E-state index is -0.530. The van der Waals surface area contributed by atoms with E-state index in [9.17, 15) is 9.59 Å². The molecular weight excluding hydrogens is 428 g/mol. The van der Waals surface area contributed by atoms with Gasteiger partial charge in [-0.3, -0.25) is 9.59 Å². The van der Waals surface area contributed by atoms with Gasteiger partial charge in [0.05, 0.1) is 25.3 Å². The maximum absolute atomic E-state index is 13.8. The lowest BCUT2D eigenvalue weighted by atomic mass is 9.68. The monoisotopic (exact) mass is 460 g/mol. The summed E-state index contributed by atoms with van der Waals surface area (Å²) >= 11 is 0. The molecule has 0 aromatic heterocycles. The van der Waals surface area contributed by atoms with Gasteiger partial charge in [-0.05, 0) is 43.9 Å². The van der Waals surface area contributed by atoms with Gasteiger partial charge in [-0.25, -0.2) is 0 Å². The lowest BCUT2D eigenvalue weighted by Crippen LogP contribution is -2.39. The third-order valence-corrected chi connectivity index (χ3v) is 6.37. The van der Waals surface area contributed by atoms with E-state index in [0.29, 0.717) is 41.4 Å². The summed E-state index contributed by atoms with van der Waals surface area (Å²) in [7, 11) is 1.57. The van der Waals surface area contributed by atoms with E-state index in [4.69, 9.17) is 9.47 Å². The Morgan fingerprint density at radius 3 is 2.47 bits per heavy atom. The van der Waals surface area contributed by atoms with Crippen LogP contribution in [0.5, 0.6) is 11.5 Å². The summed E-state index contributed by atoms with van der Waals surface area (Å²) in [6.07, 6.45) is 1.17. The summed E-state index contributed by atoms with van der Waals surface area (Å²) in [5.41, 5.74) is 4.02. The van der Waals surface area contributed by atoms with Gasteiger partial charge in [0.25, 0.3) is 5.91 Å². The van der Waals surface area contributed by atoms with Gasteiger partial charge in [-0.15, -0.1) is 0 Å². The van der Waals surface area contributed by atoms with Gasteiger partial charge in [0.15, 0.2) is 5.78 Å². The second kappa shape index (κ2) is 9.37. The molecule has 6 nitrogen and oxygen atoms in total. The summed E-state index contributed by atoms with van der Waals surface area (Å²) in [6.45, 7) is 8.50. The van der Waals surface area contributed by atoms with Crippen LogP contribution in [-0.4, -0.2) is 25.4 Å². The van der Waals surface area contributed by atoms with E-state index >= 15 is 0 Å². The highest BCUT2D eigenvalue weighted by atomic mass is 16.5. The molecule has 2 aliphatic rings. The number of rotatable bonds is 6. The van der Waals surface area contributed by atoms with Crippen molar-refractivity contribution in [3.63, 3.8) is 0 Å². The van der Waals surface area contributed by atoms with E-state index in [1.54, 1.807) is 19.2 Å². The van der Waals surface area contributed by atoms with E-state index in [1.165, 1.54) is 0 Å². The molecule has 0 spiro atoms. The fourth-order valence-electron chi connectivity index (χ4n) is 4.99. The molecular formula is C28H32N2O4. The molecule has 1 aliphatic carbocycles. The number of methoxy groups -OCH3 is 1. The Hall–Kier alpha value is -3.54. The highest BCUT2D eigenvalue weighted by Gasteiger charge is 2.43. The average molecular weight is 461 g/mol. The summed E-state index contributed by atoms with van der Waals surface area (Å²) in [5.74, 6) is 0.494. The van der Waals surface area contributed by atoms with Crippen LogP contribution in [0.2, 0.25) is 0 Å². The molecule has 0 fully saturated rings. The first kappa shape index (κ1) is 23.6. The number of hydrogen-bond acceptors (Lipinski definition) is 5. The SMILES string of the molecule is CCOc1ccccc1[C@H]1C(C(=O)Nc2ccccc2OC)=C(C)NC2=C1C(=O)CC(C)(C)C2. The number of Topliss-reactive ketones (excluding diaryl/α,β-unsaturated/α-hetero) is 1. The van der Waals surface area contributed by atoms with E-state index < -0.39 is 5.92 Å². The van der Waals surface area contributed by atoms with Crippen LogP contribution in [0, 0.1) is 5.41 Å². The number of hydrogen-bond donors (Lipinski definition) is 2. The molecule has 1 amide bonds. The molecule has 4 rings (SSSR count). The van der Waals surface area contributed by atoms with Gasteiger partial charge in [-0.1, -0.05) is 44.2 Å². The Morgan fingerprint density at radius 1 is 1.09 bits per heavy atom. The van der Waals surface area contributed by atoms with Gasteiger partial charge in [0.1, 0.15) is 11.5 Å². The van der Waals surface area contributed by atoms with Crippen molar-refractivity contribution in [2.24, 2.45) is 5.41 Å². The molecule has 0 radical (unpaired) electrons. The molecule has 1 atom stereocenters. The largest absolute Gasteiger partial charge is 0.495 e. The predicted molar refractivity (Wildman–Crippen MR) is 133 cm³/mol. The Labute approximate surface area is 201 Å². The lowest BCUT2D eigenvalue weighted by Gasteiger charge is -2.40. The quantitative estimate of drug-likeness (QED) is 0.609. The van der Waals surface area contributed by atoms with E-state index in [0.717, 1.165) is 23.4 Å². The predicted octanol–water partition coefficient (Wildman–Crippen LogP) is 5.34. The van der Waals surface area contributed by atoms with Crippen molar-refractivity contribution in [1.82, 2.24) is 5.32 Å². The third-order valence-electron chi connectivity index (χ3n) is 6.37. The van der Waals surface area contributed by atoms with Crippen molar-refractivity contribution < 1.29 is 19.1 Å². The van der Waals surface area contributed by atoms with Crippen LogP contribution in [0.15, 0.2) is 71.1 Å². The number of dihydropyridines is 1. The summed E-state index contributed by atoms with van der Waals surface area (Å²) in [5, 5.41) is 6.41. The molecule has 2 N–H and O–H groups in total. The van der Waals surface area contributed by atoms with Gasteiger partial charge >= 0.3 is 0 Å².